The normalized spacial score (nSPS) is 15.2. The molecule has 5 nitrogen and oxygen atoms in total. The molecular formula is C14H16N2O3. The van der Waals surface area contributed by atoms with Crippen LogP contribution in [0.15, 0.2) is 35.1 Å². The van der Waals surface area contributed by atoms with Crippen molar-refractivity contribution in [3.8, 4) is 11.5 Å². The van der Waals surface area contributed by atoms with Crippen molar-refractivity contribution in [3.05, 3.63) is 41.8 Å². The fourth-order valence-electron chi connectivity index (χ4n) is 2.03. The van der Waals surface area contributed by atoms with Crippen molar-refractivity contribution in [1.29, 1.82) is 0 Å². The number of hydrogen-bond donors (Lipinski definition) is 1. The first-order valence-electron chi connectivity index (χ1n) is 6.35. The molecule has 0 bridgehead atoms. The molecule has 0 saturated heterocycles. The Labute approximate surface area is 111 Å². The van der Waals surface area contributed by atoms with Gasteiger partial charge in [-0.15, -0.1) is 0 Å². The van der Waals surface area contributed by atoms with Crippen LogP contribution in [0.5, 0.6) is 11.5 Å². The summed E-state index contributed by atoms with van der Waals surface area (Å²) in [7, 11) is 0. The standard InChI is InChI=1S/C14H16N2O3/c1-10(15-9-12-4-5-19-16-12)11-2-3-13-14(8-11)18-7-6-17-13/h2-5,8,10,15H,6-7,9H2,1H3. The van der Waals surface area contributed by atoms with Gasteiger partial charge in [-0.3, -0.25) is 0 Å². The SMILES string of the molecule is CC(NCc1ccon1)c1ccc2c(c1)OCCO2. The molecule has 5 heteroatoms. The van der Waals surface area contributed by atoms with E-state index in [4.69, 9.17) is 14.0 Å². The zero-order valence-corrected chi connectivity index (χ0v) is 10.8. The second-order valence-corrected chi connectivity index (χ2v) is 4.50. The summed E-state index contributed by atoms with van der Waals surface area (Å²) in [6.45, 7) is 4.00. The van der Waals surface area contributed by atoms with Crippen LogP contribution in [0.25, 0.3) is 0 Å². The monoisotopic (exact) mass is 260 g/mol. The second kappa shape index (κ2) is 5.32. The van der Waals surface area contributed by atoms with Crippen LogP contribution in [-0.4, -0.2) is 18.4 Å². The molecule has 19 heavy (non-hydrogen) atoms. The maximum absolute atomic E-state index is 5.58. The molecule has 0 amide bonds. The highest BCUT2D eigenvalue weighted by molar-refractivity contribution is 5.44. The Hall–Kier alpha value is -2.01. The second-order valence-electron chi connectivity index (χ2n) is 4.50. The Bertz CT molecular complexity index is 540. The third-order valence-corrected chi connectivity index (χ3v) is 3.15. The van der Waals surface area contributed by atoms with Crippen molar-refractivity contribution in [2.24, 2.45) is 0 Å². The summed E-state index contributed by atoms with van der Waals surface area (Å²) in [5, 5.41) is 7.26. The van der Waals surface area contributed by atoms with Gasteiger partial charge in [-0.05, 0) is 24.6 Å². The van der Waals surface area contributed by atoms with Crippen molar-refractivity contribution < 1.29 is 14.0 Å². The summed E-state index contributed by atoms with van der Waals surface area (Å²) in [6, 6.07) is 8.08. The molecule has 1 aromatic heterocycles. The van der Waals surface area contributed by atoms with E-state index < -0.39 is 0 Å². The van der Waals surface area contributed by atoms with E-state index in [2.05, 4.69) is 17.4 Å². The van der Waals surface area contributed by atoms with E-state index in [0.717, 1.165) is 22.8 Å². The molecule has 1 aliphatic heterocycles. The molecule has 0 aliphatic carbocycles. The molecule has 0 fully saturated rings. The minimum atomic E-state index is 0.201. The van der Waals surface area contributed by atoms with Crippen molar-refractivity contribution in [2.75, 3.05) is 13.2 Å². The first-order valence-corrected chi connectivity index (χ1v) is 6.35. The predicted molar refractivity (Wildman–Crippen MR) is 69.2 cm³/mol. The van der Waals surface area contributed by atoms with Crippen molar-refractivity contribution in [2.45, 2.75) is 19.5 Å². The number of nitrogens with zero attached hydrogens (tertiary/aromatic N) is 1. The summed E-state index contributed by atoms with van der Waals surface area (Å²) in [5.74, 6) is 1.64. The fraction of sp³-hybridized carbons (Fsp3) is 0.357. The Morgan fingerprint density at radius 3 is 2.84 bits per heavy atom. The van der Waals surface area contributed by atoms with Gasteiger partial charge in [-0.1, -0.05) is 11.2 Å². The molecule has 1 atom stereocenters. The number of ether oxygens (including phenoxy) is 2. The van der Waals surface area contributed by atoms with Crippen LogP contribution < -0.4 is 14.8 Å². The number of hydrogen-bond acceptors (Lipinski definition) is 5. The average Bonchev–Trinajstić information content (AvgIpc) is 2.97. The highest BCUT2D eigenvalue weighted by Gasteiger charge is 2.14. The lowest BCUT2D eigenvalue weighted by Crippen LogP contribution is -2.19. The van der Waals surface area contributed by atoms with Gasteiger partial charge >= 0.3 is 0 Å². The highest BCUT2D eigenvalue weighted by atomic mass is 16.6. The molecule has 0 radical (unpaired) electrons. The smallest absolute Gasteiger partial charge is 0.161 e. The molecule has 0 spiro atoms. The predicted octanol–water partition coefficient (Wildman–Crippen LogP) is 2.30. The Kier molecular flexibility index (Phi) is 3.37. The minimum Gasteiger partial charge on any atom is -0.486 e. The van der Waals surface area contributed by atoms with Gasteiger partial charge in [0.15, 0.2) is 11.5 Å². The van der Waals surface area contributed by atoms with Crippen LogP contribution in [0.2, 0.25) is 0 Å². The molecule has 2 aromatic rings. The van der Waals surface area contributed by atoms with Gasteiger partial charge in [0, 0.05) is 18.7 Å². The van der Waals surface area contributed by atoms with E-state index in [1.165, 1.54) is 0 Å². The molecule has 1 N–H and O–H groups in total. The first-order chi connectivity index (χ1) is 9.33. The summed E-state index contributed by atoms with van der Waals surface area (Å²) in [5.41, 5.74) is 2.05. The van der Waals surface area contributed by atoms with Gasteiger partial charge < -0.3 is 19.3 Å². The van der Waals surface area contributed by atoms with Crippen LogP contribution in [0.1, 0.15) is 24.2 Å². The zero-order valence-electron chi connectivity index (χ0n) is 10.8. The van der Waals surface area contributed by atoms with E-state index in [0.29, 0.717) is 19.8 Å². The van der Waals surface area contributed by atoms with Gasteiger partial charge in [0.05, 0.1) is 5.69 Å². The topological polar surface area (TPSA) is 56.5 Å². The van der Waals surface area contributed by atoms with Gasteiger partial charge in [0.2, 0.25) is 0 Å². The van der Waals surface area contributed by atoms with E-state index in [9.17, 15) is 0 Å². The van der Waals surface area contributed by atoms with Crippen LogP contribution in [0.4, 0.5) is 0 Å². The molecule has 3 rings (SSSR count). The van der Waals surface area contributed by atoms with Crippen LogP contribution >= 0.6 is 0 Å². The molecule has 0 saturated carbocycles. The van der Waals surface area contributed by atoms with Gasteiger partial charge in [-0.2, -0.15) is 0 Å². The minimum absolute atomic E-state index is 0.201. The molecule has 2 heterocycles. The number of fused-ring (bicyclic) bond motifs is 1. The van der Waals surface area contributed by atoms with Gasteiger partial charge in [-0.25, -0.2) is 0 Å². The quantitative estimate of drug-likeness (QED) is 0.914. The molecule has 100 valence electrons. The summed E-state index contributed by atoms with van der Waals surface area (Å²) >= 11 is 0. The summed E-state index contributed by atoms with van der Waals surface area (Å²) in [6.07, 6.45) is 1.58. The van der Waals surface area contributed by atoms with E-state index in [1.54, 1.807) is 6.26 Å². The van der Waals surface area contributed by atoms with Crippen molar-refractivity contribution in [1.82, 2.24) is 10.5 Å². The Morgan fingerprint density at radius 1 is 1.21 bits per heavy atom. The van der Waals surface area contributed by atoms with E-state index in [1.807, 2.05) is 24.3 Å². The Morgan fingerprint density at radius 2 is 2.05 bits per heavy atom. The van der Waals surface area contributed by atoms with Crippen LogP contribution in [-0.2, 0) is 6.54 Å². The maximum Gasteiger partial charge on any atom is 0.161 e. The third kappa shape index (κ3) is 2.71. The summed E-state index contributed by atoms with van der Waals surface area (Å²) in [4.78, 5) is 0. The average molecular weight is 260 g/mol. The van der Waals surface area contributed by atoms with E-state index in [-0.39, 0.29) is 6.04 Å². The molecule has 1 unspecified atom stereocenters. The molecular weight excluding hydrogens is 244 g/mol. The van der Waals surface area contributed by atoms with Crippen molar-refractivity contribution >= 4 is 0 Å². The van der Waals surface area contributed by atoms with E-state index >= 15 is 0 Å². The lowest BCUT2D eigenvalue weighted by molar-refractivity contribution is 0.171. The van der Waals surface area contributed by atoms with Gasteiger partial charge in [0.25, 0.3) is 0 Å². The summed E-state index contributed by atoms with van der Waals surface area (Å²) < 4.78 is 15.9. The highest BCUT2D eigenvalue weighted by Crippen LogP contribution is 2.32. The van der Waals surface area contributed by atoms with Crippen LogP contribution in [0, 0.1) is 0 Å². The Balaban J connectivity index is 1.67. The third-order valence-electron chi connectivity index (χ3n) is 3.15. The number of aromatic nitrogens is 1. The zero-order chi connectivity index (χ0) is 13.1. The maximum atomic E-state index is 5.58. The lowest BCUT2D eigenvalue weighted by atomic mass is 10.1. The first kappa shape index (κ1) is 12.0. The molecule has 1 aliphatic rings. The van der Waals surface area contributed by atoms with Gasteiger partial charge in [0.1, 0.15) is 19.5 Å². The number of benzene rings is 1. The molecule has 1 aromatic carbocycles. The lowest BCUT2D eigenvalue weighted by Gasteiger charge is -2.21. The van der Waals surface area contributed by atoms with Crippen molar-refractivity contribution in [3.63, 3.8) is 0 Å². The van der Waals surface area contributed by atoms with Crippen LogP contribution in [0.3, 0.4) is 0 Å². The number of rotatable bonds is 4. The number of nitrogens with one attached hydrogen (secondary N) is 1. The fourth-order valence-corrected chi connectivity index (χ4v) is 2.03. The largest absolute Gasteiger partial charge is 0.486 e.